The number of carbonyl (C=O) groups excluding carboxylic acids is 1. The second-order valence-electron chi connectivity index (χ2n) is 8.17. The standard InChI is InChI=1S/C25H46O4/c1-3-5-7-9-10-11-12-18-22-25(28)29-23(19-15-8-6-4-2)20-16-13-14-17-21-24(26)27/h15,19,23H,3-14,16-18,20-22H2,1-2H3,(H,26,27)/b19-15-. The Morgan fingerprint density at radius 1 is 0.759 bits per heavy atom. The number of carboxylic acids is 1. The molecule has 0 radical (unpaired) electrons. The zero-order valence-corrected chi connectivity index (χ0v) is 19.1. The van der Waals surface area contributed by atoms with Gasteiger partial charge >= 0.3 is 11.9 Å². The van der Waals surface area contributed by atoms with Gasteiger partial charge in [0.15, 0.2) is 0 Å². The van der Waals surface area contributed by atoms with Gasteiger partial charge < -0.3 is 9.84 Å². The van der Waals surface area contributed by atoms with Crippen LogP contribution in [0.3, 0.4) is 0 Å². The van der Waals surface area contributed by atoms with Gasteiger partial charge in [0.2, 0.25) is 0 Å². The molecule has 0 aromatic heterocycles. The predicted molar refractivity (Wildman–Crippen MR) is 121 cm³/mol. The van der Waals surface area contributed by atoms with Crippen molar-refractivity contribution in [2.75, 3.05) is 0 Å². The molecule has 0 aromatic carbocycles. The molecule has 0 aliphatic carbocycles. The molecule has 170 valence electrons. The van der Waals surface area contributed by atoms with Crippen molar-refractivity contribution in [3.63, 3.8) is 0 Å². The van der Waals surface area contributed by atoms with E-state index >= 15 is 0 Å². The predicted octanol–water partition coefficient (Wildman–Crippen LogP) is 7.60. The molecule has 0 saturated carbocycles. The van der Waals surface area contributed by atoms with Crippen LogP contribution in [-0.4, -0.2) is 23.1 Å². The Morgan fingerprint density at radius 3 is 1.93 bits per heavy atom. The van der Waals surface area contributed by atoms with Gasteiger partial charge in [-0.1, -0.05) is 90.6 Å². The second-order valence-corrected chi connectivity index (χ2v) is 8.17. The van der Waals surface area contributed by atoms with Crippen LogP contribution in [0.2, 0.25) is 0 Å². The third-order valence-corrected chi connectivity index (χ3v) is 5.22. The molecule has 0 spiro atoms. The van der Waals surface area contributed by atoms with Crippen LogP contribution in [0.5, 0.6) is 0 Å². The quantitative estimate of drug-likeness (QED) is 0.120. The number of allylic oxidation sites excluding steroid dienone is 1. The molecule has 4 nitrogen and oxygen atoms in total. The van der Waals surface area contributed by atoms with E-state index in [0.29, 0.717) is 6.42 Å². The molecule has 4 heteroatoms. The van der Waals surface area contributed by atoms with Crippen molar-refractivity contribution in [2.24, 2.45) is 0 Å². The van der Waals surface area contributed by atoms with Crippen LogP contribution in [0.15, 0.2) is 12.2 Å². The van der Waals surface area contributed by atoms with E-state index in [1.165, 1.54) is 38.5 Å². The van der Waals surface area contributed by atoms with E-state index < -0.39 is 5.97 Å². The minimum atomic E-state index is -0.725. The van der Waals surface area contributed by atoms with Crippen molar-refractivity contribution < 1.29 is 19.4 Å². The molecule has 0 heterocycles. The Kier molecular flexibility index (Phi) is 20.4. The highest BCUT2D eigenvalue weighted by atomic mass is 16.5. The average molecular weight is 411 g/mol. The molecule has 0 rings (SSSR count). The molecule has 1 atom stereocenters. The van der Waals surface area contributed by atoms with Crippen LogP contribution in [-0.2, 0) is 14.3 Å². The largest absolute Gasteiger partial charge is 0.481 e. The van der Waals surface area contributed by atoms with Crippen molar-refractivity contribution in [3.8, 4) is 0 Å². The summed E-state index contributed by atoms with van der Waals surface area (Å²) in [4.78, 5) is 22.8. The van der Waals surface area contributed by atoms with Crippen molar-refractivity contribution in [3.05, 3.63) is 12.2 Å². The summed E-state index contributed by atoms with van der Waals surface area (Å²) in [5, 5.41) is 8.68. The lowest BCUT2D eigenvalue weighted by Gasteiger charge is -2.15. The zero-order valence-electron chi connectivity index (χ0n) is 19.1. The summed E-state index contributed by atoms with van der Waals surface area (Å²) in [5.41, 5.74) is 0. The molecule has 0 fully saturated rings. The first kappa shape index (κ1) is 27.7. The number of rotatable bonds is 21. The number of esters is 1. The molecule has 1 unspecified atom stereocenters. The normalized spacial score (nSPS) is 12.3. The van der Waals surface area contributed by atoms with Crippen LogP contribution in [0, 0.1) is 0 Å². The highest BCUT2D eigenvalue weighted by Gasteiger charge is 2.11. The minimum Gasteiger partial charge on any atom is -0.481 e. The average Bonchev–Trinajstić information content (AvgIpc) is 2.69. The van der Waals surface area contributed by atoms with Gasteiger partial charge in [-0.15, -0.1) is 0 Å². The van der Waals surface area contributed by atoms with E-state index in [-0.39, 0.29) is 18.5 Å². The zero-order chi connectivity index (χ0) is 21.6. The lowest BCUT2D eigenvalue weighted by Crippen LogP contribution is -2.16. The number of carbonyl (C=O) groups is 2. The summed E-state index contributed by atoms with van der Waals surface area (Å²) in [6.07, 6.45) is 22.4. The molecule has 0 bridgehead atoms. The minimum absolute atomic E-state index is 0.0769. The highest BCUT2D eigenvalue weighted by molar-refractivity contribution is 5.69. The molecule has 1 N–H and O–H groups in total. The third-order valence-electron chi connectivity index (χ3n) is 5.22. The lowest BCUT2D eigenvalue weighted by molar-refractivity contribution is -0.147. The van der Waals surface area contributed by atoms with Crippen molar-refractivity contribution >= 4 is 11.9 Å². The van der Waals surface area contributed by atoms with Gasteiger partial charge in [-0.25, -0.2) is 0 Å². The number of ether oxygens (including phenoxy) is 1. The molecule has 0 aliphatic heterocycles. The van der Waals surface area contributed by atoms with Crippen molar-refractivity contribution in [2.45, 2.75) is 136 Å². The first-order chi connectivity index (χ1) is 14.1. The maximum atomic E-state index is 12.2. The van der Waals surface area contributed by atoms with Crippen molar-refractivity contribution in [1.29, 1.82) is 0 Å². The Hall–Kier alpha value is -1.32. The van der Waals surface area contributed by atoms with Crippen LogP contribution < -0.4 is 0 Å². The summed E-state index contributed by atoms with van der Waals surface area (Å²) in [5.74, 6) is -0.802. The molecule has 0 saturated heterocycles. The van der Waals surface area contributed by atoms with E-state index in [9.17, 15) is 9.59 Å². The highest BCUT2D eigenvalue weighted by Crippen LogP contribution is 2.14. The summed E-state index contributed by atoms with van der Waals surface area (Å²) < 4.78 is 5.72. The first-order valence-electron chi connectivity index (χ1n) is 12.2. The van der Waals surface area contributed by atoms with E-state index in [0.717, 1.165) is 64.2 Å². The monoisotopic (exact) mass is 410 g/mol. The first-order valence-corrected chi connectivity index (χ1v) is 12.2. The summed E-state index contributed by atoms with van der Waals surface area (Å²) in [6.45, 7) is 4.41. The molecule has 0 aromatic rings. The van der Waals surface area contributed by atoms with Gasteiger partial charge in [-0.05, 0) is 38.2 Å². The second kappa shape index (κ2) is 21.4. The maximum absolute atomic E-state index is 12.2. The fraction of sp³-hybridized carbons (Fsp3) is 0.840. The summed E-state index contributed by atoms with van der Waals surface area (Å²) in [7, 11) is 0. The van der Waals surface area contributed by atoms with Crippen LogP contribution in [0.1, 0.15) is 129 Å². The third kappa shape index (κ3) is 21.2. The summed E-state index contributed by atoms with van der Waals surface area (Å²) >= 11 is 0. The van der Waals surface area contributed by atoms with E-state index in [4.69, 9.17) is 9.84 Å². The number of hydrogen-bond acceptors (Lipinski definition) is 3. The van der Waals surface area contributed by atoms with Gasteiger partial charge in [0.1, 0.15) is 6.10 Å². The Labute approximate surface area is 179 Å². The van der Waals surface area contributed by atoms with E-state index in [1.54, 1.807) is 0 Å². The van der Waals surface area contributed by atoms with E-state index in [1.807, 2.05) is 0 Å². The molecular formula is C25H46O4. The number of unbranched alkanes of at least 4 members (excludes halogenated alkanes) is 12. The fourth-order valence-electron chi connectivity index (χ4n) is 3.37. The summed E-state index contributed by atoms with van der Waals surface area (Å²) in [6, 6.07) is 0. The smallest absolute Gasteiger partial charge is 0.306 e. The Balaban J connectivity index is 4.02. The van der Waals surface area contributed by atoms with Crippen LogP contribution >= 0.6 is 0 Å². The van der Waals surface area contributed by atoms with E-state index in [2.05, 4.69) is 26.0 Å². The van der Waals surface area contributed by atoms with Gasteiger partial charge in [0, 0.05) is 12.8 Å². The van der Waals surface area contributed by atoms with Crippen LogP contribution in [0.4, 0.5) is 0 Å². The SMILES string of the molecule is CCCC/C=C\C(CCCCCCC(=O)O)OC(=O)CCCCCCCCCC. The number of carboxylic acid groups (broad SMARTS) is 1. The molecule has 29 heavy (non-hydrogen) atoms. The van der Waals surface area contributed by atoms with Gasteiger partial charge in [-0.2, -0.15) is 0 Å². The number of hydrogen-bond donors (Lipinski definition) is 1. The van der Waals surface area contributed by atoms with Gasteiger partial charge in [0.25, 0.3) is 0 Å². The molecule has 0 aliphatic rings. The Bertz CT molecular complexity index is 417. The Morgan fingerprint density at radius 2 is 1.31 bits per heavy atom. The topological polar surface area (TPSA) is 63.6 Å². The fourth-order valence-corrected chi connectivity index (χ4v) is 3.37. The maximum Gasteiger partial charge on any atom is 0.306 e. The van der Waals surface area contributed by atoms with Gasteiger partial charge in [-0.3, -0.25) is 9.59 Å². The van der Waals surface area contributed by atoms with Crippen molar-refractivity contribution in [1.82, 2.24) is 0 Å². The van der Waals surface area contributed by atoms with Gasteiger partial charge in [0.05, 0.1) is 0 Å². The lowest BCUT2D eigenvalue weighted by atomic mass is 10.1. The van der Waals surface area contributed by atoms with Crippen LogP contribution in [0.25, 0.3) is 0 Å². The molecule has 0 amide bonds. The number of aliphatic carboxylic acids is 1. The molecular weight excluding hydrogens is 364 g/mol.